The summed E-state index contributed by atoms with van der Waals surface area (Å²) in [6.45, 7) is 6.39. The van der Waals surface area contributed by atoms with Crippen LogP contribution in [-0.4, -0.2) is 38.3 Å². The van der Waals surface area contributed by atoms with Gasteiger partial charge in [-0.1, -0.05) is 81.4 Å². The minimum absolute atomic E-state index is 0.0932. The van der Waals surface area contributed by atoms with Gasteiger partial charge in [-0.15, -0.1) is 0 Å². The lowest BCUT2D eigenvalue weighted by molar-refractivity contribution is -0.150. The van der Waals surface area contributed by atoms with Crippen LogP contribution < -0.4 is 10.4 Å². The minimum Gasteiger partial charge on any atom is -0.439 e. The first kappa shape index (κ1) is 22.1. The van der Waals surface area contributed by atoms with Gasteiger partial charge in [-0.3, -0.25) is 4.79 Å². The van der Waals surface area contributed by atoms with Crippen molar-refractivity contribution in [3.05, 3.63) is 60.7 Å². The van der Waals surface area contributed by atoms with E-state index >= 15 is 0 Å². The van der Waals surface area contributed by atoms with Gasteiger partial charge in [0, 0.05) is 5.25 Å². The molecular weight excluding hydrogens is 403 g/mol. The molecule has 0 bridgehead atoms. The van der Waals surface area contributed by atoms with Crippen LogP contribution in [0.5, 0.6) is 0 Å². The number of hydrogen-bond acceptors (Lipinski definition) is 4. The third kappa shape index (κ3) is 4.93. The van der Waals surface area contributed by atoms with E-state index in [0.29, 0.717) is 6.42 Å². The highest BCUT2D eigenvalue weighted by atomic mass is 32.2. The van der Waals surface area contributed by atoms with Crippen molar-refractivity contribution in [2.45, 2.75) is 50.1 Å². The van der Waals surface area contributed by atoms with E-state index in [4.69, 9.17) is 9.16 Å². The molecule has 0 radical (unpaired) electrons. The molecule has 6 heteroatoms. The van der Waals surface area contributed by atoms with Crippen LogP contribution in [0.4, 0.5) is 4.39 Å². The Labute approximate surface area is 178 Å². The molecule has 2 aromatic rings. The van der Waals surface area contributed by atoms with E-state index in [2.05, 4.69) is 45.0 Å². The molecule has 1 aliphatic heterocycles. The highest BCUT2D eigenvalue weighted by Crippen LogP contribution is 2.37. The van der Waals surface area contributed by atoms with Crippen LogP contribution in [0.3, 0.4) is 0 Å². The molecule has 1 fully saturated rings. The predicted molar refractivity (Wildman–Crippen MR) is 120 cm³/mol. The van der Waals surface area contributed by atoms with Gasteiger partial charge in [0.1, 0.15) is 6.17 Å². The number of ether oxygens (including phenoxy) is 1. The van der Waals surface area contributed by atoms with E-state index in [1.54, 1.807) is 0 Å². The molecule has 1 aliphatic rings. The smallest absolute Gasteiger partial charge is 0.309 e. The summed E-state index contributed by atoms with van der Waals surface area (Å²) in [5.41, 5.74) is 0. The number of hydrogen-bond donors (Lipinski definition) is 0. The van der Waals surface area contributed by atoms with Gasteiger partial charge >= 0.3 is 5.97 Å². The van der Waals surface area contributed by atoms with E-state index < -0.39 is 20.5 Å². The molecule has 0 amide bonds. The summed E-state index contributed by atoms with van der Waals surface area (Å²) in [5.74, 6) is 0.363. The molecule has 0 saturated carbocycles. The van der Waals surface area contributed by atoms with Crippen LogP contribution >= 0.6 is 11.8 Å². The fourth-order valence-electron chi connectivity index (χ4n) is 3.98. The SMILES string of the molecule is CC(C)(C)[Si](OCOC(=O)CC1SCCC1F)(c1ccccc1)c1ccccc1. The van der Waals surface area contributed by atoms with Crippen molar-refractivity contribution in [3.63, 3.8) is 0 Å². The van der Waals surface area contributed by atoms with Gasteiger partial charge in [0.05, 0.1) is 6.42 Å². The average molecular weight is 433 g/mol. The molecular formula is C23H29FO3SSi. The Hall–Kier alpha value is -1.63. The van der Waals surface area contributed by atoms with Crippen molar-refractivity contribution in [1.82, 2.24) is 0 Å². The molecule has 156 valence electrons. The van der Waals surface area contributed by atoms with Crippen molar-refractivity contribution in [1.29, 1.82) is 0 Å². The van der Waals surface area contributed by atoms with Crippen LogP contribution in [0.2, 0.25) is 5.04 Å². The molecule has 2 unspecified atom stereocenters. The number of halogens is 1. The second-order valence-electron chi connectivity index (χ2n) is 8.36. The molecule has 1 saturated heterocycles. The summed E-state index contributed by atoms with van der Waals surface area (Å²) in [5, 5.41) is 1.78. The maximum Gasteiger partial charge on any atom is 0.309 e. The number of esters is 1. The third-order valence-corrected chi connectivity index (χ3v) is 11.7. The van der Waals surface area contributed by atoms with Gasteiger partial charge < -0.3 is 9.16 Å². The Balaban J connectivity index is 1.81. The molecule has 2 atom stereocenters. The van der Waals surface area contributed by atoms with E-state index in [1.807, 2.05) is 36.4 Å². The Morgan fingerprint density at radius 1 is 1.07 bits per heavy atom. The summed E-state index contributed by atoms with van der Waals surface area (Å²) >= 11 is 1.51. The summed E-state index contributed by atoms with van der Waals surface area (Å²) in [7, 11) is -2.73. The van der Waals surface area contributed by atoms with Crippen molar-refractivity contribution in [2.24, 2.45) is 0 Å². The summed E-state index contributed by atoms with van der Waals surface area (Å²) in [6, 6.07) is 20.4. The van der Waals surface area contributed by atoms with Crippen LogP contribution in [0.15, 0.2) is 60.7 Å². The van der Waals surface area contributed by atoms with Crippen molar-refractivity contribution in [2.75, 3.05) is 12.5 Å². The van der Waals surface area contributed by atoms with Gasteiger partial charge in [0.15, 0.2) is 6.79 Å². The highest BCUT2D eigenvalue weighted by molar-refractivity contribution is 8.00. The molecule has 2 aromatic carbocycles. The van der Waals surface area contributed by atoms with E-state index in [-0.39, 0.29) is 23.5 Å². The van der Waals surface area contributed by atoms with Crippen molar-refractivity contribution < 1.29 is 18.3 Å². The zero-order valence-electron chi connectivity index (χ0n) is 17.3. The summed E-state index contributed by atoms with van der Waals surface area (Å²) < 4.78 is 25.8. The number of rotatable bonds is 7. The highest BCUT2D eigenvalue weighted by Gasteiger charge is 2.50. The maximum atomic E-state index is 13.8. The second kappa shape index (κ2) is 9.45. The van der Waals surface area contributed by atoms with Crippen LogP contribution in [-0.2, 0) is 14.0 Å². The summed E-state index contributed by atoms with van der Waals surface area (Å²) in [6.07, 6.45) is -0.318. The Morgan fingerprint density at radius 2 is 1.62 bits per heavy atom. The molecule has 0 aromatic heterocycles. The van der Waals surface area contributed by atoms with Crippen LogP contribution in [0.25, 0.3) is 0 Å². The molecule has 29 heavy (non-hydrogen) atoms. The largest absolute Gasteiger partial charge is 0.439 e. The molecule has 3 rings (SSSR count). The lowest BCUT2D eigenvalue weighted by Crippen LogP contribution is -2.66. The topological polar surface area (TPSA) is 35.5 Å². The second-order valence-corrected chi connectivity index (χ2v) is 14.0. The van der Waals surface area contributed by atoms with Gasteiger partial charge in [0.2, 0.25) is 0 Å². The molecule has 1 heterocycles. The number of benzene rings is 2. The average Bonchev–Trinajstić information content (AvgIpc) is 3.10. The predicted octanol–water partition coefficient (Wildman–Crippen LogP) is 4.30. The van der Waals surface area contributed by atoms with Gasteiger partial charge in [-0.05, 0) is 27.6 Å². The number of alkyl halides is 1. The van der Waals surface area contributed by atoms with Crippen molar-refractivity contribution >= 4 is 36.4 Å². The van der Waals surface area contributed by atoms with E-state index in [0.717, 1.165) is 16.1 Å². The first-order chi connectivity index (χ1) is 13.8. The lowest BCUT2D eigenvalue weighted by atomic mass is 10.2. The molecule has 0 aliphatic carbocycles. The summed E-state index contributed by atoms with van der Waals surface area (Å²) in [4.78, 5) is 12.3. The van der Waals surface area contributed by atoms with E-state index in [1.165, 1.54) is 11.8 Å². The fourth-order valence-corrected chi connectivity index (χ4v) is 9.63. The first-order valence-corrected chi connectivity index (χ1v) is 13.0. The Bertz CT molecular complexity index is 755. The standard InChI is InChI=1S/C23H29FO3SSi/c1-23(2,3)29(18-10-6-4-7-11-18,19-12-8-5-9-13-19)27-17-26-22(25)16-21-20(24)14-15-28-21/h4-13,20-21H,14-17H2,1-3H3. The van der Waals surface area contributed by atoms with Gasteiger partial charge in [0.25, 0.3) is 8.32 Å². The number of carbonyl (C=O) groups excluding carboxylic acids is 1. The molecule has 0 N–H and O–H groups in total. The fraction of sp³-hybridized carbons (Fsp3) is 0.435. The monoisotopic (exact) mass is 432 g/mol. The zero-order chi connectivity index (χ0) is 20.9. The first-order valence-electron chi connectivity index (χ1n) is 10.0. The molecule has 3 nitrogen and oxygen atoms in total. The quantitative estimate of drug-likeness (QED) is 0.371. The van der Waals surface area contributed by atoms with Crippen LogP contribution in [0.1, 0.15) is 33.6 Å². The van der Waals surface area contributed by atoms with Gasteiger partial charge in [-0.2, -0.15) is 11.8 Å². The number of thioether (sulfide) groups is 1. The third-order valence-electron chi connectivity index (χ3n) is 5.41. The minimum atomic E-state index is -2.73. The maximum absolute atomic E-state index is 13.8. The Morgan fingerprint density at radius 3 is 2.07 bits per heavy atom. The zero-order valence-corrected chi connectivity index (χ0v) is 19.1. The lowest BCUT2D eigenvalue weighted by Gasteiger charge is -2.42. The normalized spacial score (nSPS) is 19.9. The Kier molecular flexibility index (Phi) is 7.19. The van der Waals surface area contributed by atoms with Crippen molar-refractivity contribution in [3.8, 4) is 0 Å². The van der Waals surface area contributed by atoms with E-state index in [9.17, 15) is 9.18 Å². The van der Waals surface area contributed by atoms with Gasteiger partial charge in [-0.25, -0.2) is 4.39 Å². The molecule has 0 spiro atoms. The van der Waals surface area contributed by atoms with Crippen LogP contribution in [0, 0.1) is 0 Å². The number of carbonyl (C=O) groups is 1.